The van der Waals surface area contributed by atoms with E-state index in [1.165, 1.54) is 0 Å². The van der Waals surface area contributed by atoms with E-state index in [0.717, 1.165) is 29.2 Å². The Morgan fingerprint density at radius 2 is 2.04 bits per heavy atom. The van der Waals surface area contributed by atoms with Crippen molar-refractivity contribution in [3.63, 3.8) is 0 Å². The highest BCUT2D eigenvalue weighted by Crippen LogP contribution is 2.16. The van der Waals surface area contributed by atoms with E-state index in [4.69, 9.17) is 4.74 Å². The maximum Gasteiger partial charge on any atom is 0.310 e. The van der Waals surface area contributed by atoms with Gasteiger partial charge in [-0.2, -0.15) is 0 Å². The first kappa shape index (κ1) is 16.9. The molecule has 23 heavy (non-hydrogen) atoms. The van der Waals surface area contributed by atoms with Crippen molar-refractivity contribution in [1.82, 2.24) is 9.97 Å². The Morgan fingerprint density at radius 3 is 2.74 bits per heavy atom. The maximum absolute atomic E-state index is 11.5. The SMILES string of the molecule is CCOC(=O)Cc1cccc(NCC(C)c2cnc(C)nc2)c1. The molecule has 122 valence electrons. The van der Waals surface area contributed by atoms with Gasteiger partial charge in [0, 0.05) is 30.5 Å². The van der Waals surface area contributed by atoms with E-state index >= 15 is 0 Å². The van der Waals surface area contributed by atoms with Crippen molar-refractivity contribution in [2.24, 2.45) is 0 Å². The van der Waals surface area contributed by atoms with Gasteiger partial charge in [0.15, 0.2) is 0 Å². The van der Waals surface area contributed by atoms with Crippen molar-refractivity contribution in [3.8, 4) is 0 Å². The lowest BCUT2D eigenvalue weighted by Gasteiger charge is -2.14. The standard InChI is InChI=1S/C18H23N3O2/c1-4-23-18(22)9-15-6-5-7-17(8-15)21-10-13(2)16-11-19-14(3)20-12-16/h5-8,11-13,21H,4,9-10H2,1-3H3. The number of rotatable bonds is 7. The Bertz CT molecular complexity index is 641. The molecule has 1 unspecified atom stereocenters. The van der Waals surface area contributed by atoms with Crippen molar-refractivity contribution in [3.05, 3.63) is 53.6 Å². The van der Waals surface area contributed by atoms with Crippen molar-refractivity contribution in [2.75, 3.05) is 18.5 Å². The van der Waals surface area contributed by atoms with E-state index in [-0.39, 0.29) is 5.97 Å². The molecule has 1 N–H and O–H groups in total. The number of hydrogen-bond acceptors (Lipinski definition) is 5. The largest absolute Gasteiger partial charge is 0.466 e. The fourth-order valence-corrected chi connectivity index (χ4v) is 2.22. The summed E-state index contributed by atoms with van der Waals surface area (Å²) in [5, 5.41) is 3.40. The molecule has 0 aliphatic rings. The van der Waals surface area contributed by atoms with Gasteiger partial charge in [0.05, 0.1) is 13.0 Å². The molecule has 0 spiro atoms. The summed E-state index contributed by atoms with van der Waals surface area (Å²) in [5.74, 6) is 0.875. The fraction of sp³-hybridized carbons (Fsp3) is 0.389. The molecule has 0 aliphatic heterocycles. The third-order valence-electron chi connectivity index (χ3n) is 3.56. The summed E-state index contributed by atoms with van der Waals surface area (Å²) in [6.07, 6.45) is 4.03. The van der Waals surface area contributed by atoms with E-state index in [1.54, 1.807) is 0 Å². The first-order valence-electron chi connectivity index (χ1n) is 7.85. The molecule has 0 amide bonds. The fourth-order valence-electron chi connectivity index (χ4n) is 2.22. The summed E-state index contributed by atoms with van der Waals surface area (Å²) in [6, 6.07) is 7.85. The number of ether oxygens (including phenoxy) is 1. The van der Waals surface area contributed by atoms with Crippen LogP contribution in [0.5, 0.6) is 0 Å². The van der Waals surface area contributed by atoms with Crippen LogP contribution < -0.4 is 5.32 Å². The molecule has 0 fully saturated rings. The summed E-state index contributed by atoms with van der Waals surface area (Å²) < 4.78 is 4.98. The average molecular weight is 313 g/mol. The number of benzene rings is 1. The minimum Gasteiger partial charge on any atom is -0.466 e. The Balaban J connectivity index is 1.92. The van der Waals surface area contributed by atoms with Gasteiger partial charge in [-0.1, -0.05) is 19.1 Å². The number of carbonyl (C=O) groups is 1. The highest BCUT2D eigenvalue weighted by Gasteiger charge is 2.08. The Hall–Kier alpha value is -2.43. The maximum atomic E-state index is 11.5. The molecule has 5 nitrogen and oxygen atoms in total. The van der Waals surface area contributed by atoms with Gasteiger partial charge in [-0.3, -0.25) is 4.79 Å². The lowest BCUT2D eigenvalue weighted by Crippen LogP contribution is -2.11. The van der Waals surface area contributed by atoms with E-state index < -0.39 is 0 Å². The van der Waals surface area contributed by atoms with Crippen LogP contribution in [0, 0.1) is 6.92 Å². The molecule has 0 saturated carbocycles. The Kier molecular flexibility index (Phi) is 6.09. The van der Waals surface area contributed by atoms with E-state index in [9.17, 15) is 4.79 Å². The predicted molar refractivity (Wildman–Crippen MR) is 90.5 cm³/mol. The molecule has 0 radical (unpaired) electrons. The summed E-state index contributed by atoms with van der Waals surface area (Å²) in [7, 11) is 0. The molecule has 5 heteroatoms. The van der Waals surface area contributed by atoms with E-state index in [1.807, 2.05) is 50.5 Å². The highest BCUT2D eigenvalue weighted by atomic mass is 16.5. The van der Waals surface area contributed by atoms with Gasteiger partial charge >= 0.3 is 5.97 Å². The summed E-state index contributed by atoms with van der Waals surface area (Å²) in [6.45, 7) is 7.00. The van der Waals surface area contributed by atoms with E-state index in [2.05, 4.69) is 22.2 Å². The minimum absolute atomic E-state index is 0.199. The van der Waals surface area contributed by atoms with Gasteiger partial charge < -0.3 is 10.1 Å². The van der Waals surface area contributed by atoms with Gasteiger partial charge in [-0.05, 0) is 37.1 Å². The number of hydrogen-bond donors (Lipinski definition) is 1. The number of anilines is 1. The second-order valence-electron chi connectivity index (χ2n) is 5.53. The first-order valence-corrected chi connectivity index (χ1v) is 7.85. The molecular formula is C18H23N3O2. The molecule has 1 aromatic heterocycles. The van der Waals surface area contributed by atoms with Crippen LogP contribution in [0.3, 0.4) is 0 Å². The van der Waals surface area contributed by atoms with Crippen molar-refractivity contribution in [1.29, 1.82) is 0 Å². The van der Waals surface area contributed by atoms with Crippen LogP contribution in [0.2, 0.25) is 0 Å². The average Bonchev–Trinajstić information content (AvgIpc) is 2.54. The lowest BCUT2D eigenvalue weighted by molar-refractivity contribution is -0.142. The minimum atomic E-state index is -0.199. The summed E-state index contributed by atoms with van der Waals surface area (Å²) in [4.78, 5) is 20.0. The van der Waals surface area contributed by atoms with Crippen LogP contribution in [-0.2, 0) is 16.0 Å². The lowest BCUT2D eigenvalue weighted by atomic mass is 10.0. The molecule has 0 bridgehead atoms. The zero-order valence-electron chi connectivity index (χ0n) is 13.9. The number of aromatic nitrogens is 2. The quantitative estimate of drug-likeness (QED) is 0.796. The highest BCUT2D eigenvalue weighted by molar-refractivity contribution is 5.73. The molecule has 0 saturated heterocycles. The van der Waals surface area contributed by atoms with Gasteiger partial charge in [-0.15, -0.1) is 0 Å². The Labute approximate surface area is 137 Å². The summed E-state index contributed by atoms with van der Waals surface area (Å²) >= 11 is 0. The van der Waals surface area contributed by atoms with Crippen LogP contribution >= 0.6 is 0 Å². The molecule has 1 atom stereocenters. The molecule has 1 heterocycles. The van der Waals surface area contributed by atoms with Crippen LogP contribution in [-0.4, -0.2) is 29.1 Å². The zero-order valence-corrected chi connectivity index (χ0v) is 13.9. The number of aryl methyl sites for hydroxylation is 1. The number of nitrogens with one attached hydrogen (secondary N) is 1. The number of carbonyl (C=O) groups excluding carboxylic acids is 1. The summed E-state index contributed by atoms with van der Waals surface area (Å²) in [5.41, 5.74) is 3.04. The number of esters is 1. The van der Waals surface area contributed by atoms with Crippen molar-refractivity contribution >= 4 is 11.7 Å². The van der Waals surface area contributed by atoms with Gasteiger partial charge in [-0.25, -0.2) is 9.97 Å². The molecule has 0 aliphatic carbocycles. The van der Waals surface area contributed by atoms with Crippen molar-refractivity contribution < 1.29 is 9.53 Å². The van der Waals surface area contributed by atoms with Gasteiger partial charge in [0.2, 0.25) is 0 Å². The third kappa shape index (κ3) is 5.36. The Morgan fingerprint density at radius 1 is 1.30 bits per heavy atom. The second kappa shape index (κ2) is 8.27. The normalized spacial score (nSPS) is 11.8. The predicted octanol–water partition coefficient (Wildman–Crippen LogP) is 3.11. The molecular weight excluding hydrogens is 290 g/mol. The van der Waals surface area contributed by atoms with E-state index in [0.29, 0.717) is 18.9 Å². The van der Waals surface area contributed by atoms with Gasteiger partial charge in [0.1, 0.15) is 5.82 Å². The second-order valence-corrected chi connectivity index (χ2v) is 5.53. The molecule has 2 rings (SSSR count). The molecule has 1 aromatic carbocycles. The van der Waals surface area contributed by atoms with Crippen LogP contribution in [0.15, 0.2) is 36.7 Å². The topological polar surface area (TPSA) is 64.1 Å². The van der Waals surface area contributed by atoms with Crippen LogP contribution in [0.1, 0.15) is 36.7 Å². The van der Waals surface area contributed by atoms with Gasteiger partial charge in [0.25, 0.3) is 0 Å². The van der Waals surface area contributed by atoms with Crippen LogP contribution in [0.4, 0.5) is 5.69 Å². The molecule has 2 aromatic rings. The van der Waals surface area contributed by atoms with Crippen molar-refractivity contribution in [2.45, 2.75) is 33.1 Å². The smallest absolute Gasteiger partial charge is 0.310 e. The monoisotopic (exact) mass is 313 g/mol. The van der Waals surface area contributed by atoms with Crippen LogP contribution in [0.25, 0.3) is 0 Å². The number of nitrogens with zero attached hydrogens (tertiary/aromatic N) is 2. The first-order chi connectivity index (χ1) is 11.1. The third-order valence-corrected chi connectivity index (χ3v) is 3.56. The zero-order chi connectivity index (χ0) is 16.7.